The third kappa shape index (κ3) is 6.47. The normalized spacial score (nSPS) is 12.6. The zero-order chi connectivity index (χ0) is 9.56. The summed E-state index contributed by atoms with van der Waals surface area (Å²) in [6, 6.07) is -0.870. The Labute approximate surface area is 75.1 Å². The fourth-order valence-electron chi connectivity index (χ4n) is 0.470. The Balaban J connectivity index is 3.25. The number of carbonyl (C=O) groups is 1. The molecule has 1 atom stereocenters. The van der Waals surface area contributed by atoms with Gasteiger partial charge in [0, 0.05) is 5.75 Å². The molecule has 0 aliphatic heterocycles. The van der Waals surface area contributed by atoms with E-state index < -0.39 is 19.1 Å². The van der Waals surface area contributed by atoms with E-state index in [1.54, 1.807) is 0 Å². The highest BCUT2D eigenvalue weighted by Gasteiger charge is 2.12. The molecular weight excluding hydrogens is 181 g/mol. The van der Waals surface area contributed by atoms with Crippen molar-refractivity contribution in [3.63, 3.8) is 0 Å². The number of aliphatic carboxylic acids is 1. The molecule has 0 heterocycles. The Bertz CT molecular complexity index is 145. The second kappa shape index (κ2) is 6.30. The van der Waals surface area contributed by atoms with Crippen LogP contribution in [0.4, 0.5) is 0 Å². The van der Waals surface area contributed by atoms with Crippen LogP contribution in [-0.4, -0.2) is 45.8 Å². The Morgan fingerprint density at radius 1 is 1.58 bits per heavy atom. The van der Waals surface area contributed by atoms with Crippen molar-refractivity contribution in [1.29, 1.82) is 0 Å². The lowest BCUT2D eigenvalue weighted by molar-refractivity contribution is -0.137. The maximum atomic E-state index is 10.2. The van der Waals surface area contributed by atoms with Gasteiger partial charge in [-0.2, -0.15) is 11.8 Å². The van der Waals surface area contributed by atoms with E-state index in [4.69, 9.17) is 20.9 Å². The summed E-state index contributed by atoms with van der Waals surface area (Å²) in [5.74, 6) is -0.243. The molecule has 0 radical (unpaired) electrons. The van der Waals surface area contributed by atoms with Crippen molar-refractivity contribution in [2.45, 2.75) is 12.4 Å². The van der Waals surface area contributed by atoms with Gasteiger partial charge >= 0.3 is 13.1 Å². The van der Waals surface area contributed by atoms with Crippen LogP contribution in [0.1, 0.15) is 0 Å². The van der Waals surface area contributed by atoms with Crippen LogP contribution in [0.15, 0.2) is 0 Å². The van der Waals surface area contributed by atoms with Crippen molar-refractivity contribution in [1.82, 2.24) is 0 Å². The standard InChI is InChI=1S/C5H12BNO4S/c7-4(5(8)9)3-12-2-1-6(10)11/h4,10-11H,1-3,7H2,(H,8,9)/t4-/m0/s1. The molecule has 0 aromatic rings. The highest BCUT2D eigenvalue weighted by Crippen LogP contribution is 2.04. The van der Waals surface area contributed by atoms with Gasteiger partial charge in [-0.15, -0.1) is 0 Å². The van der Waals surface area contributed by atoms with Gasteiger partial charge in [0.2, 0.25) is 0 Å². The van der Waals surface area contributed by atoms with Gasteiger partial charge < -0.3 is 20.9 Å². The molecule has 0 fully saturated rings. The zero-order valence-corrected chi connectivity index (χ0v) is 7.33. The van der Waals surface area contributed by atoms with Crippen molar-refractivity contribution in [2.24, 2.45) is 5.73 Å². The van der Waals surface area contributed by atoms with Crippen molar-refractivity contribution < 1.29 is 19.9 Å². The number of hydrogen-bond donors (Lipinski definition) is 4. The molecule has 0 aliphatic carbocycles. The van der Waals surface area contributed by atoms with Gasteiger partial charge in [-0.3, -0.25) is 4.79 Å². The van der Waals surface area contributed by atoms with E-state index in [1.165, 1.54) is 11.8 Å². The molecule has 70 valence electrons. The number of hydrogen-bond acceptors (Lipinski definition) is 5. The maximum absolute atomic E-state index is 10.2. The van der Waals surface area contributed by atoms with Crippen molar-refractivity contribution in [3.05, 3.63) is 0 Å². The van der Waals surface area contributed by atoms with Crippen molar-refractivity contribution >= 4 is 24.8 Å². The van der Waals surface area contributed by atoms with Crippen LogP contribution in [0, 0.1) is 0 Å². The molecule has 0 saturated heterocycles. The minimum absolute atomic E-state index is 0.233. The molecular formula is C5H12BNO4S. The average molecular weight is 193 g/mol. The van der Waals surface area contributed by atoms with E-state index in [9.17, 15) is 4.79 Å². The van der Waals surface area contributed by atoms with Gasteiger partial charge in [0.15, 0.2) is 0 Å². The molecule has 0 aliphatic rings. The molecule has 0 spiro atoms. The van der Waals surface area contributed by atoms with E-state index >= 15 is 0 Å². The highest BCUT2D eigenvalue weighted by atomic mass is 32.2. The summed E-state index contributed by atoms with van der Waals surface area (Å²) in [5, 5.41) is 25.2. The fraction of sp³-hybridized carbons (Fsp3) is 0.800. The largest absolute Gasteiger partial charge is 0.480 e. The smallest absolute Gasteiger partial charge is 0.452 e. The molecule has 0 unspecified atom stereocenters. The molecule has 12 heavy (non-hydrogen) atoms. The maximum Gasteiger partial charge on any atom is 0.452 e. The van der Waals surface area contributed by atoms with Crippen LogP contribution in [0.2, 0.25) is 6.32 Å². The van der Waals surface area contributed by atoms with Gasteiger partial charge in [0.1, 0.15) is 6.04 Å². The van der Waals surface area contributed by atoms with Crippen LogP contribution >= 0.6 is 11.8 Å². The van der Waals surface area contributed by atoms with E-state index in [2.05, 4.69) is 0 Å². The van der Waals surface area contributed by atoms with Crippen molar-refractivity contribution in [3.8, 4) is 0 Å². The van der Waals surface area contributed by atoms with E-state index in [-0.39, 0.29) is 6.32 Å². The first-order valence-corrected chi connectivity index (χ1v) is 4.61. The molecule has 0 amide bonds. The SMILES string of the molecule is N[C@@H](CSCCB(O)O)C(=O)O. The molecule has 0 saturated carbocycles. The Morgan fingerprint density at radius 3 is 2.58 bits per heavy atom. The van der Waals surface area contributed by atoms with Crippen LogP contribution in [0.25, 0.3) is 0 Å². The lowest BCUT2D eigenvalue weighted by Crippen LogP contribution is -2.32. The van der Waals surface area contributed by atoms with Gasteiger partial charge in [0.25, 0.3) is 0 Å². The van der Waals surface area contributed by atoms with E-state index in [1.807, 2.05) is 0 Å². The van der Waals surface area contributed by atoms with Crippen molar-refractivity contribution in [2.75, 3.05) is 11.5 Å². The summed E-state index contributed by atoms with van der Waals surface area (Å²) >= 11 is 1.29. The lowest BCUT2D eigenvalue weighted by Gasteiger charge is -2.04. The predicted octanol–water partition coefficient (Wildman–Crippen LogP) is -1.40. The summed E-state index contributed by atoms with van der Waals surface area (Å²) in [7, 11) is -1.32. The van der Waals surface area contributed by atoms with Gasteiger partial charge in [-0.1, -0.05) is 0 Å². The topological polar surface area (TPSA) is 104 Å². The number of nitrogens with two attached hydrogens (primary N) is 1. The second-order valence-corrected chi connectivity index (χ2v) is 3.44. The molecule has 7 heteroatoms. The minimum atomic E-state index is -1.32. The molecule has 0 aromatic carbocycles. The Hall–Kier alpha value is -0.235. The van der Waals surface area contributed by atoms with Gasteiger partial charge in [-0.05, 0) is 12.1 Å². The molecule has 5 N–H and O–H groups in total. The molecule has 0 rings (SSSR count). The van der Waals surface area contributed by atoms with Crippen LogP contribution < -0.4 is 5.73 Å². The fourth-order valence-corrected chi connectivity index (χ4v) is 1.41. The second-order valence-electron chi connectivity index (χ2n) is 2.29. The third-order valence-electron chi connectivity index (χ3n) is 1.13. The third-order valence-corrected chi connectivity index (χ3v) is 2.25. The lowest BCUT2D eigenvalue weighted by atomic mass is 9.88. The number of thioether (sulfide) groups is 1. The monoisotopic (exact) mass is 193 g/mol. The Kier molecular flexibility index (Phi) is 6.18. The number of carboxylic acid groups (broad SMARTS) is 1. The molecule has 0 bridgehead atoms. The summed E-state index contributed by atoms with van der Waals surface area (Å²) in [4.78, 5) is 10.2. The first-order valence-electron chi connectivity index (χ1n) is 3.46. The van der Waals surface area contributed by atoms with E-state index in [0.29, 0.717) is 11.5 Å². The first kappa shape index (κ1) is 11.8. The van der Waals surface area contributed by atoms with Gasteiger partial charge in [0.05, 0.1) is 0 Å². The summed E-state index contributed by atoms with van der Waals surface area (Å²) in [6.45, 7) is 0. The predicted molar refractivity (Wildman–Crippen MR) is 47.9 cm³/mol. The van der Waals surface area contributed by atoms with Crippen LogP contribution in [0.3, 0.4) is 0 Å². The first-order chi connectivity index (χ1) is 5.54. The Morgan fingerprint density at radius 2 is 2.17 bits per heavy atom. The van der Waals surface area contributed by atoms with Gasteiger partial charge in [-0.25, -0.2) is 0 Å². The number of rotatable bonds is 6. The minimum Gasteiger partial charge on any atom is -0.480 e. The zero-order valence-electron chi connectivity index (χ0n) is 6.51. The molecule has 0 aromatic heterocycles. The average Bonchev–Trinajstić information content (AvgIpc) is 1.97. The highest BCUT2D eigenvalue weighted by molar-refractivity contribution is 7.99. The summed E-state index contributed by atoms with van der Waals surface area (Å²) in [5.41, 5.74) is 5.19. The number of carboxylic acids is 1. The van der Waals surface area contributed by atoms with Crippen LogP contribution in [-0.2, 0) is 4.79 Å². The summed E-state index contributed by atoms with van der Waals surface area (Å²) in [6.07, 6.45) is 0.233. The summed E-state index contributed by atoms with van der Waals surface area (Å²) < 4.78 is 0. The quantitative estimate of drug-likeness (QED) is 0.305. The van der Waals surface area contributed by atoms with E-state index in [0.717, 1.165) is 0 Å². The molecule has 5 nitrogen and oxygen atoms in total. The van der Waals surface area contributed by atoms with Crippen LogP contribution in [0.5, 0.6) is 0 Å².